The molecule has 0 aliphatic carbocycles. The summed E-state index contributed by atoms with van der Waals surface area (Å²) in [6, 6.07) is 3.76. The Bertz CT molecular complexity index is 747. The SMILES string of the molecule is C=C(C)C(=O)OCCCc1[nH]c2ccc(OC)c(OC)c2c1OC. The molecule has 0 bridgehead atoms. The summed E-state index contributed by atoms with van der Waals surface area (Å²) in [5.41, 5.74) is 2.22. The fraction of sp³-hybridized carbons (Fsp3) is 0.389. The van der Waals surface area contributed by atoms with Gasteiger partial charge in [-0.2, -0.15) is 0 Å². The van der Waals surface area contributed by atoms with E-state index in [-0.39, 0.29) is 5.97 Å². The van der Waals surface area contributed by atoms with E-state index in [0.29, 0.717) is 42.3 Å². The number of aromatic amines is 1. The van der Waals surface area contributed by atoms with Gasteiger partial charge in [-0.15, -0.1) is 0 Å². The fourth-order valence-corrected chi connectivity index (χ4v) is 2.57. The van der Waals surface area contributed by atoms with E-state index in [1.807, 2.05) is 12.1 Å². The van der Waals surface area contributed by atoms with Gasteiger partial charge in [0.2, 0.25) is 0 Å². The van der Waals surface area contributed by atoms with Gasteiger partial charge in [-0.3, -0.25) is 0 Å². The van der Waals surface area contributed by atoms with Crippen molar-refractivity contribution in [3.05, 3.63) is 30.0 Å². The number of hydrogen-bond acceptors (Lipinski definition) is 5. The summed E-state index contributed by atoms with van der Waals surface area (Å²) in [6.45, 7) is 5.51. The second kappa shape index (κ2) is 7.77. The molecule has 0 spiro atoms. The highest BCUT2D eigenvalue weighted by molar-refractivity contribution is 5.95. The zero-order valence-corrected chi connectivity index (χ0v) is 14.5. The van der Waals surface area contributed by atoms with E-state index in [0.717, 1.165) is 16.6 Å². The lowest BCUT2D eigenvalue weighted by Gasteiger charge is -2.10. The van der Waals surface area contributed by atoms with Gasteiger partial charge in [0.05, 0.1) is 44.5 Å². The first-order valence-electron chi connectivity index (χ1n) is 7.65. The van der Waals surface area contributed by atoms with Crippen molar-refractivity contribution in [2.75, 3.05) is 27.9 Å². The predicted molar refractivity (Wildman–Crippen MR) is 92.0 cm³/mol. The van der Waals surface area contributed by atoms with Gasteiger partial charge in [0, 0.05) is 5.57 Å². The fourth-order valence-electron chi connectivity index (χ4n) is 2.57. The smallest absolute Gasteiger partial charge is 0.333 e. The summed E-state index contributed by atoms with van der Waals surface area (Å²) in [5.74, 6) is 1.62. The summed E-state index contributed by atoms with van der Waals surface area (Å²) < 4.78 is 21.5. The molecule has 0 amide bonds. The third kappa shape index (κ3) is 3.48. The number of rotatable bonds is 8. The zero-order chi connectivity index (χ0) is 17.7. The number of aryl methyl sites for hydroxylation is 1. The summed E-state index contributed by atoms with van der Waals surface area (Å²) in [5, 5.41) is 0.841. The second-order valence-corrected chi connectivity index (χ2v) is 5.38. The van der Waals surface area contributed by atoms with Crippen LogP contribution >= 0.6 is 0 Å². The first-order chi connectivity index (χ1) is 11.5. The Morgan fingerprint density at radius 3 is 2.42 bits per heavy atom. The van der Waals surface area contributed by atoms with E-state index in [1.165, 1.54) is 0 Å². The number of nitrogens with one attached hydrogen (secondary N) is 1. The first-order valence-corrected chi connectivity index (χ1v) is 7.65. The molecule has 0 saturated carbocycles. The Labute approximate surface area is 141 Å². The van der Waals surface area contributed by atoms with Gasteiger partial charge < -0.3 is 23.9 Å². The summed E-state index contributed by atoms with van der Waals surface area (Å²) in [4.78, 5) is 14.7. The molecule has 1 heterocycles. The van der Waals surface area contributed by atoms with Crippen LogP contribution in [0.3, 0.4) is 0 Å². The van der Waals surface area contributed by atoms with Crippen molar-refractivity contribution in [2.24, 2.45) is 0 Å². The number of fused-ring (bicyclic) bond motifs is 1. The number of ether oxygens (including phenoxy) is 4. The van der Waals surface area contributed by atoms with Crippen molar-refractivity contribution >= 4 is 16.9 Å². The number of carbonyl (C=O) groups is 1. The van der Waals surface area contributed by atoms with Gasteiger partial charge >= 0.3 is 5.97 Å². The Balaban J connectivity index is 2.22. The van der Waals surface area contributed by atoms with Gasteiger partial charge in [0.15, 0.2) is 17.2 Å². The van der Waals surface area contributed by atoms with Gasteiger partial charge in [-0.05, 0) is 31.9 Å². The number of H-pyrrole nitrogens is 1. The molecule has 0 aliphatic rings. The Morgan fingerprint density at radius 1 is 1.12 bits per heavy atom. The molecule has 0 unspecified atom stereocenters. The second-order valence-electron chi connectivity index (χ2n) is 5.38. The molecule has 6 nitrogen and oxygen atoms in total. The number of benzene rings is 1. The summed E-state index contributed by atoms with van der Waals surface area (Å²) in [6.07, 6.45) is 1.34. The van der Waals surface area contributed by atoms with Crippen molar-refractivity contribution < 1.29 is 23.7 Å². The summed E-state index contributed by atoms with van der Waals surface area (Å²) >= 11 is 0. The molecule has 130 valence electrons. The Hall–Kier alpha value is -2.63. The van der Waals surface area contributed by atoms with Crippen molar-refractivity contribution in [2.45, 2.75) is 19.8 Å². The lowest BCUT2D eigenvalue weighted by molar-refractivity contribution is -0.139. The molecule has 1 N–H and O–H groups in total. The van der Waals surface area contributed by atoms with Gasteiger partial charge in [0.25, 0.3) is 0 Å². The van der Waals surface area contributed by atoms with E-state index in [2.05, 4.69) is 11.6 Å². The molecule has 6 heteroatoms. The highest BCUT2D eigenvalue weighted by Gasteiger charge is 2.19. The predicted octanol–water partition coefficient (Wildman–Crippen LogP) is 3.25. The quantitative estimate of drug-likeness (QED) is 0.456. The minimum atomic E-state index is -0.370. The molecule has 0 atom stereocenters. The van der Waals surface area contributed by atoms with Crippen LogP contribution in [0.5, 0.6) is 17.2 Å². The van der Waals surface area contributed by atoms with Crippen LogP contribution in [0, 0.1) is 0 Å². The van der Waals surface area contributed by atoms with E-state index in [4.69, 9.17) is 18.9 Å². The van der Waals surface area contributed by atoms with E-state index < -0.39 is 0 Å². The minimum Gasteiger partial charge on any atom is -0.494 e. The lowest BCUT2D eigenvalue weighted by atomic mass is 10.1. The highest BCUT2D eigenvalue weighted by Crippen LogP contribution is 2.42. The molecule has 0 aliphatic heterocycles. The summed E-state index contributed by atoms with van der Waals surface area (Å²) in [7, 11) is 4.81. The van der Waals surface area contributed by atoms with Crippen LogP contribution in [0.2, 0.25) is 0 Å². The number of hydrogen-bond donors (Lipinski definition) is 1. The molecule has 1 aromatic carbocycles. The maximum absolute atomic E-state index is 11.4. The topological polar surface area (TPSA) is 69.8 Å². The number of carbonyl (C=O) groups excluding carboxylic acids is 1. The van der Waals surface area contributed by atoms with Crippen LogP contribution in [-0.2, 0) is 16.0 Å². The molecular weight excluding hydrogens is 310 g/mol. The first kappa shape index (κ1) is 17.7. The average molecular weight is 333 g/mol. The number of aromatic nitrogens is 1. The average Bonchev–Trinajstić information content (AvgIpc) is 2.94. The Kier molecular flexibility index (Phi) is 5.73. The van der Waals surface area contributed by atoms with Crippen LogP contribution in [-0.4, -0.2) is 38.9 Å². The van der Waals surface area contributed by atoms with Crippen molar-refractivity contribution in [3.8, 4) is 17.2 Å². The molecule has 2 aromatic rings. The molecule has 0 fully saturated rings. The van der Waals surface area contributed by atoms with Crippen molar-refractivity contribution in [1.82, 2.24) is 4.98 Å². The molecule has 2 rings (SSSR count). The third-order valence-electron chi connectivity index (χ3n) is 3.69. The van der Waals surface area contributed by atoms with Crippen LogP contribution in [0.1, 0.15) is 19.0 Å². The Morgan fingerprint density at radius 2 is 1.83 bits per heavy atom. The molecule has 1 aromatic heterocycles. The van der Waals surface area contributed by atoms with Gasteiger partial charge in [-0.1, -0.05) is 6.58 Å². The molecular formula is C18H23NO5. The van der Waals surface area contributed by atoms with Gasteiger partial charge in [0.1, 0.15) is 0 Å². The monoisotopic (exact) mass is 333 g/mol. The van der Waals surface area contributed by atoms with Crippen molar-refractivity contribution in [3.63, 3.8) is 0 Å². The third-order valence-corrected chi connectivity index (χ3v) is 3.69. The van der Waals surface area contributed by atoms with E-state index in [1.54, 1.807) is 28.3 Å². The maximum Gasteiger partial charge on any atom is 0.333 e. The zero-order valence-electron chi connectivity index (χ0n) is 14.5. The minimum absolute atomic E-state index is 0.324. The molecule has 0 radical (unpaired) electrons. The highest BCUT2D eigenvalue weighted by atomic mass is 16.5. The number of methoxy groups -OCH3 is 3. The molecule has 24 heavy (non-hydrogen) atoms. The van der Waals surface area contributed by atoms with Crippen LogP contribution in [0.15, 0.2) is 24.3 Å². The van der Waals surface area contributed by atoms with E-state index >= 15 is 0 Å². The van der Waals surface area contributed by atoms with Gasteiger partial charge in [-0.25, -0.2) is 4.79 Å². The maximum atomic E-state index is 11.4. The van der Waals surface area contributed by atoms with Crippen LogP contribution < -0.4 is 14.2 Å². The van der Waals surface area contributed by atoms with E-state index in [9.17, 15) is 4.79 Å². The van der Waals surface area contributed by atoms with Crippen LogP contribution in [0.25, 0.3) is 10.9 Å². The molecule has 0 saturated heterocycles. The lowest BCUT2D eigenvalue weighted by Crippen LogP contribution is -2.07. The normalized spacial score (nSPS) is 10.5. The number of esters is 1. The largest absolute Gasteiger partial charge is 0.494 e. The van der Waals surface area contributed by atoms with Crippen LogP contribution in [0.4, 0.5) is 0 Å². The standard InChI is InChI=1S/C18H23NO5/c1-11(2)18(20)24-10-6-7-13-16(22-4)15-12(19-13)8-9-14(21-3)17(15)23-5/h8-9,19H,1,6-7,10H2,2-5H3. The van der Waals surface area contributed by atoms with Crippen molar-refractivity contribution in [1.29, 1.82) is 0 Å².